The second kappa shape index (κ2) is 7.07. The number of nitrogens with one attached hydrogen (secondary N) is 2. The van der Waals surface area contributed by atoms with Crippen LogP contribution in [0.25, 0.3) is 0 Å². The number of amides is 1. The minimum absolute atomic E-state index is 0.0642. The van der Waals surface area contributed by atoms with E-state index < -0.39 is 17.0 Å². The molecule has 102 valence electrons. The first kappa shape index (κ1) is 14.6. The van der Waals surface area contributed by atoms with E-state index in [-0.39, 0.29) is 11.3 Å². The first-order valence-corrected chi connectivity index (χ1v) is 5.43. The first-order chi connectivity index (χ1) is 9.04. The van der Waals surface area contributed by atoms with Gasteiger partial charge in [0.2, 0.25) is 0 Å². The zero-order valence-corrected chi connectivity index (χ0v) is 10.2. The lowest BCUT2D eigenvalue weighted by Crippen LogP contribution is -2.32. The van der Waals surface area contributed by atoms with Crippen LogP contribution in [0.15, 0.2) is 24.3 Å². The maximum atomic E-state index is 11.5. The molecule has 0 aromatic heterocycles. The molecule has 0 fully saturated rings. The van der Waals surface area contributed by atoms with Crippen molar-refractivity contribution >= 4 is 17.7 Å². The van der Waals surface area contributed by atoms with Crippen LogP contribution >= 0.6 is 0 Å². The summed E-state index contributed by atoms with van der Waals surface area (Å²) >= 11 is 0. The number of hydrogen-bond acceptors (Lipinski definition) is 6. The summed E-state index contributed by atoms with van der Waals surface area (Å²) in [6.07, 6.45) is -0.862. The third-order valence-electron chi connectivity index (χ3n) is 2.14. The summed E-state index contributed by atoms with van der Waals surface area (Å²) in [7, 11) is 1.72. The number of carbonyl (C=O) groups is 2. The van der Waals surface area contributed by atoms with Crippen LogP contribution in [0.3, 0.4) is 0 Å². The molecule has 19 heavy (non-hydrogen) atoms. The van der Waals surface area contributed by atoms with Crippen LogP contribution in [0.1, 0.15) is 10.4 Å². The van der Waals surface area contributed by atoms with Crippen molar-refractivity contribution in [3.63, 3.8) is 0 Å². The van der Waals surface area contributed by atoms with Gasteiger partial charge in [0.05, 0.1) is 10.5 Å². The van der Waals surface area contributed by atoms with E-state index in [1.54, 1.807) is 7.05 Å². The Bertz CT molecular complexity index is 472. The van der Waals surface area contributed by atoms with Crippen LogP contribution in [0.5, 0.6) is 0 Å². The Morgan fingerprint density at radius 1 is 1.26 bits per heavy atom. The SMILES string of the molecule is CNCCNC(=O)OC(=O)c1ccc([N+](=O)[O-])cc1. The Morgan fingerprint density at radius 2 is 1.89 bits per heavy atom. The van der Waals surface area contributed by atoms with Crippen LogP contribution in [0, 0.1) is 10.1 Å². The molecule has 1 aromatic rings. The lowest BCUT2D eigenvalue weighted by Gasteiger charge is -2.04. The molecule has 0 saturated heterocycles. The lowest BCUT2D eigenvalue weighted by atomic mass is 10.2. The van der Waals surface area contributed by atoms with E-state index in [0.29, 0.717) is 13.1 Å². The molecule has 0 heterocycles. The molecule has 1 aromatic carbocycles. The summed E-state index contributed by atoms with van der Waals surface area (Å²) in [5, 5.41) is 15.6. The maximum absolute atomic E-state index is 11.5. The Balaban J connectivity index is 2.53. The number of ether oxygens (including phenoxy) is 1. The maximum Gasteiger partial charge on any atom is 0.415 e. The second-order valence-corrected chi connectivity index (χ2v) is 3.51. The fraction of sp³-hybridized carbons (Fsp3) is 0.273. The largest absolute Gasteiger partial charge is 0.415 e. The molecule has 8 heteroatoms. The molecule has 0 aliphatic heterocycles. The molecule has 0 bridgehead atoms. The molecule has 8 nitrogen and oxygen atoms in total. The highest BCUT2D eigenvalue weighted by Gasteiger charge is 2.14. The molecule has 1 amide bonds. The zero-order valence-electron chi connectivity index (χ0n) is 10.2. The number of non-ortho nitro benzene ring substituents is 1. The summed E-state index contributed by atoms with van der Waals surface area (Å²) in [6.45, 7) is 0.865. The normalized spacial score (nSPS) is 9.74. The Hall–Kier alpha value is -2.48. The first-order valence-electron chi connectivity index (χ1n) is 5.43. The fourth-order valence-corrected chi connectivity index (χ4v) is 1.19. The van der Waals surface area contributed by atoms with Crippen molar-refractivity contribution in [3.05, 3.63) is 39.9 Å². The van der Waals surface area contributed by atoms with Gasteiger partial charge in [-0.05, 0) is 19.2 Å². The summed E-state index contributed by atoms with van der Waals surface area (Å²) in [6, 6.07) is 4.77. The topological polar surface area (TPSA) is 111 Å². The zero-order chi connectivity index (χ0) is 14.3. The molecule has 2 N–H and O–H groups in total. The van der Waals surface area contributed by atoms with Crippen molar-refractivity contribution in [1.82, 2.24) is 10.6 Å². The number of nitrogens with zero attached hydrogens (tertiary/aromatic N) is 1. The quantitative estimate of drug-likeness (QED) is 0.267. The summed E-state index contributed by atoms with van der Waals surface area (Å²) in [5.41, 5.74) is -0.0793. The highest BCUT2D eigenvalue weighted by atomic mass is 16.6. The van der Waals surface area contributed by atoms with Gasteiger partial charge in [-0.2, -0.15) is 0 Å². The fourth-order valence-electron chi connectivity index (χ4n) is 1.19. The van der Waals surface area contributed by atoms with Gasteiger partial charge in [-0.3, -0.25) is 10.1 Å². The highest BCUT2D eigenvalue weighted by molar-refractivity contribution is 5.96. The van der Waals surface area contributed by atoms with Gasteiger partial charge < -0.3 is 15.4 Å². The molecule has 0 radical (unpaired) electrons. The Morgan fingerprint density at radius 3 is 2.42 bits per heavy atom. The van der Waals surface area contributed by atoms with Crippen molar-refractivity contribution in [2.24, 2.45) is 0 Å². The number of likely N-dealkylation sites (N-methyl/N-ethyl adjacent to an activating group) is 1. The van der Waals surface area contributed by atoms with Crippen molar-refractivity contribution in [3.8, 4) is 0 Å². The summed E-state index contributed by atoms with van der Waals surface area (Å²) in [4.78, 5) is 32.5. The van der Waals surface area contributed by atoms with Crippen molar-refractivity contribution in [1.29, 1.82) is 0 Å². The van der Waals surface area contributed by atoms with Gasteiger partial charge in [-0.15, -0.1) is 0 Å². The van der Waals surface area contributed by atoms with Gasteiger partial charge in [-0.1, -0.05) is 0 Å². The number of benzene rings is 1. The minimum Gasteiger partial charge on any atom is -0.373 e. The minimum atomic E-state index is -0.864. The molecular weight excluding hydrogens is 254 g/mol. The average molecular weight is 267 g/mol. The van der Waals surface area contributed by atoms with Gasteiger partial charge in [0, 0.05) is 25.2 Å². The third kappa shape index (κ3) is 4.72. The monoisotopic (exact) mass is 267 g/mol. The highest BCUT2D eigenvalue weighted by Crippen LogP contribution is 2.12. The smallest absolute Gasteiger partial charge is 0.373 e. The van der Waals surface area contributed by atoms with Crippen LogP contribution in [-0.2, 0) is 4.74 Å². The Labute approximate surface area is 108 Å². The van der Waals surface area contributed by atoms with Crippen LogP contribution in [-0.4, -0.2) is 37.1 Å². The molecule has 0 aliphatic rings. The second-order valence-electron chi connectivity index (χ2n) is 3.51. The number of nitro groups is 1. The van der Waals surface area contributed by atoms with Crippen LogP contribution in [0.2, 0.25) is 0 Å². The number of nitro benzene ring substituents is 1. The van der Waals surface area contributed by atoms with Crippen molar-refractivity contribution < 1.29 is 19.2 Å². The number of hydrogen-bond donors (Lipinski definition) is 2. The number of esters is 1. The van der Waals surface area contributed by atoms with Gasteiger partial charge >= 0.3 is 12.1 Å². The van der Waals surface area contributed by atoms with E-state index >= 15 is 0 Å². The van der Waals surface area contributed by atoms with Crippen LogP contribution < -0.4 is 10.6 Å². The number of rotatable bonds is 5. The van der Waals surface area contributed by atoms with E-state index in [2.05, 4.69) is 15.4 Å². The molecule has 0 spiro atoms. The number of carbonyl (C=O) groups excluding carboxylic acids is 2. The van der Waals surface area contributed by atoms with Gasteiger partial charge in [0.25, 0.3) is 5.69 Å². The number of alkyl carbamates (subject to hydrolysis) is 1. The molecule has 0 unspecified atom stereocenters. The molecule has 0 saturated carbocycles. The van der Waals surface area contributed by atoms with Crippen molar-refractivity contribution in [2.75, 3.05) is 20.1 Å². The van der Waals surface area contributed by atoms with Crippen molar-refractivity contribution in [2.45, 2.75) is 0 Å². The van der Waals surface area contributed by atoms with Gasteiger partial charge in [0.15, 0.2) is 0 Å². The van der Waals surface area contributed by atoms with E-state index in [9.17, 15) is 19.7 Å². The lowest BCUT2D eigenvalue weighted by molar-refractivity contribution is -0.384. The average Bonchev–Trinajstić information content (AvgIpc) is 2.39. The summed E-state index contributed by atoms with van der Waals surface area (Å²) in [5.74, 6) is -0.864. The van der Waals surface area contributed by atoms with E-state index in [0.717, 1.165) is 12.1 Å². The van der Waals surface area contributed by atoms with E-state index in [4.69, 9.17) is 0 Å². The standard InChI is InChI=1S/C11H13N3O5/c1-12-6-7-13-11(16)19-10(15)8-2-4-9(5-3-8)14(17)18/h2-5,12H,6-7H2,1H3,(H,13,16). The predicted octanol–water partition coefficient (Wildman–Crippen LogP) is 0.681. The Kier molecular flexibility index (Phi) is 5.42. The predicted molar refractivity (Wildman–Crippen MR) is 65.8 cm³/mol. The van der Waals surface area contributed by atoms with E-state index in [1.165, 1.54) is 12.1 Å². The molecule has 0 atom stereocenters. The molecular formula is C11H13N3O5. The summed E-state index contributed by atoms with van der Waals surface area (Å²) < 4.78 is 4.50. The van der Waals surface area contributed by atoms with Gasteiger partial charge in [0.1, 0.15) is 0 Å². The third-order valence-corrected chi connectivity index (χ3v) is 2.14. The van der Waals surface area contributed by atoms with E-state index in [1.807, 2.05) is 0 Å². The van der Waals surface area contributed by atoms with Gasteiger partial charge in [-0.25, -0.2) is 9.59 Å². The molecule has 1 rings (SSSR count). The van der Waals surface area contributed by atoms with Crippen LogP contribution in [0.4, 0.5) is 10.5 Å². The molecule has 0 aliphatic carbocycles.